The van der Waals surface area contributed by atoms with Crippen LogP contribution in [0.2, 0.25) is 0 Å². The summed E-state index contributed by atoms with van der Waals surface area (Å²) in [7, 11) is 0. The first-order chi connectivity index (χ1) is 9.24. The van der Waals surface area contributed by atoms with Gasteiger partial charge < -0.3 is 10.4 Å². The summed E-state index contributed by atoms with van der Waals surface area (Å²) in [5.41, 5.74) is 0.720. The first-order valence-electron chi connectivity index (χ1n) is 6.73. The first kappa shape index (κ1) is 17.9. The Hall–Kier alpha value is -0.200. The molecule has 0 saturated carbocycles. The number of aliphatic hydroxyl groups is 1. The third kappa shape index (κ3) is 4.40. The maximum Gasteiger partial charge on any atom is 0.129 e. The van der Waals surface area contributed by atoms with Gasteiger partial charge in [-0.2, -0.15) is 0 Å². The molecule has 0 radical (unpaired) electrons. The second-order valence-electron chi connectivity index (χ2n) is 4.80. The van der Waals surface area contributed by atoms with E-state index in [4.69, 9.17) is 5.11 Å². The van der Waals surface area contributed by atoms with Gasteiger partial charge >= 0.3 is 0 Å². The Labute approximate surface area is 134 Å². The van der Waals surface area contributed by atoms with Gasteiger partial charge in [-0.1, -0.05) is 22.0 Å². The van der Waals surface area contributed by atoms with Gasteiger partial charge in [-0.15, -0.1) is 12.4 Å². The van der Waals surface area contributed by atoms with Crippen LogP contribution in [0.5, 0.6) is 0 Å². The Kier molecular flexibility index (Phi) is 7.99. The molecule has 20 heavy (non-hydrogen) atoms. The van der Waals surface area contributed by atoms with Crippen molar-refractivity contribution in [3.8, 4) is 0 Å². The molecule has 0 unspecified atom stereocenters. The molecule has 6 heteroatoms. The summed E-state index contributed by atoms with van der Waals surface area (Å²) in [6.07, 6.45) is 1.46. The monoisotopic (exact) mass is 366 g/mol. The van der Waals surface area contributed by atoms with E-state index < -0.39 is 0 Å². The second kappa shape index (κ2) is 8.95. The van der Waals surface area contributed by atoms with Crippen LogP contribution in [0.25, 0.3) is 0 Å². The van der Waals surface area contributed by atoms with Crippen LogP contribution in [-0.2, 0) is 0 Å². The SMILES string of the molecule is Cl.OCCC[C@H](c1c(F)cccc1Br)N1CCNCC1. The van der Waals surface area contributed by atoms with Gasteiger partial charge in [-0.25, -0.2) is 4.39 Å². The number of aliphatic hydroxyl groups excluding tert-OH is 1. The number of hydrogen-bond donors (Lipinski definition) is 2. The Morgan fingerprint density at radius 3 is 2.65 bits per heavy atom. The van der Waals surface area contributed by atoms with Gasteiger partial charge in [0, 0.05) is 48.9 Å². The molecule has 1 aromatic rings. The van der Waals surface area contributed by atoms with E-state index in [1.165, 1.54) is 6.07 Å². The van der Waals surface area contributed by atoms with Crippen LogP contribution in [0.15, 0.2) is 22.7 Å². The summed E-state index contributed by atoms with van der Waals surface area (Å²) >= 11 is 3.46. The van der Waals surface area contributed by atoms with Crippen molar-refractivity contribution < 1.29 is 9.50 Å². The fourth-order valence-electron chi connectivity index (χ4n) is 2.62. The lowest BCUT2D eigenvalue weighted by Crippen LogP contribution is -2.45. The number of rotatable bonds is 5. The molecule has 1 fully saturated rings. The van der Waals surface area contributed by atoms with E-state index >= 15 is 0 Å². The predicted octanol–water partition coefficient (Wildman–Crippen LogP) is 2.73. The summed E-state index contributed by atoms with van der Waals surface area (Å²) in [5, 5.41) is 12.4. The van der Waals surface area contributed by atoms with Crippen LogP contribution in [0.1, 0.15) is 24.4 Å². The van der Waals surface area contributed by atoms with Crippen LogP contribution in [0.4, 0.5) is 4.39 Å². The standard InChI is InChI=1S/C14H20BrFN2O.ClH/c15-11-3-1-4-12(16)14(11)13(5-2-10-19)18-8-6-17-7-9-18;/h1,3-4,13,17,19H,2,5-10H2;1H/t13-;/m1./s1. The van der Waals surface area contributed by atoms with Crippen molar-refractivity contribution in [3.63, 3.8) is 0 Å². The average Bonchev–Trinajstić information content (AvgIpc) is 2.43. The zero-order valence-electron chi connectivity index (χ0n) is 11.3. The number of halogens is 3. The van der Waals surface area contributed by atoms with Gasteiger partial charge in [0.2, 0.25) is 0 Å². The van der Waals surface area contributed by atoms with E-state index in [2.05, 4.69) is 26.1 Å². The lowest BCUT2D eigenvalue weighted by Gasteiger charge is -2.35. The third-order valence-corrected chi connectivity index (χ3v) is 4.25. The van der Waals surface area contributed by atoms with Crippen molar-refractivity contribution in [1.29, 1.82) is 0 Å². The van der Waals surface area contributed by atoms with Gasteiger partial charge in [0.15, 0.2) is 0 Å². The largest absolute Gasteiger partial charge is 0.396 e. The molecule has 1 heterocycles. The maximum absolute atomic E-state index is 14.1. The lowest BCUT2D eigenvalue weighted by molar-refractivity contribution is 0.151. The molecule has 1 atom stereocenters. The Balaban J connectivity index is 0.00000200. The highest BCUT2D eigenvalue weighted by atomic mass is 79.9. The zero-order valence-corrected chi connectivity index (χ0v) is 13.7. The highest BCUT2D eigenvalue weighted by molar-refractivity contribution is 9.10. The van der Waals surface area contributed by atoms with Crippen molar-refractivity contribution in [2.24, 2.45) is 0 Å². The Morgan fingerprint density at radius 2 is 2.05 bits per heavy atom. The summed E-state index contributed by atoms with van der Waals surface area (Å²) in [5.74, 6) is -0.171. The molecule has 1 saturated heterocycles. The number of benzene rings is 1. The molecule has 2 rings (SSSR count). The van der Waals surface area contributed by atoms with E-state index in [0.29, 0.717) is 6.42 Å². The summed E-state index contributed by atoms with van der Waals surface area (Å²) in [4.78, 5) is 2.30. The highest BCUT2D eigenvalue weighted by Gasteiger charge is 2.25. The van der Waals surface area contributed by atoms with Crippen molar-refractivity contribution in [3.05, 3.63) is 34.1 Å². The quantitative estimate of drug-likeness (QED) is 0.840. The molecule has 0 amide bonds. The summed E-state index contributed by atoms with van der Waals surface area (Å²) in [6.45, 7) is 3.84. The molecular formula is C14H21BrClFN2O. The third-order valence-electron chi connectivity index (χ3n) is 3.56. The number of piperazine rings is 1. The van der Waals surface area contributed by atoms with Crippen molar-refractivity contribution in [2.75, 3.05) is 32.8 Å². The van der Waals surface area contributed by atoms with E-state index in [-0.39, 0.29) is 30.9 Å². The van der Waals surface area contributed by atoms with E-state index in [1.54, 1.807) is 6.07 Å². The van der Waals surface area contributed by atoms with Crippen LogP contribution < -0.4 is 5.32 Å². The molecular weight excluding hydrogens is 347 g/mol. The minimum atomic E-state index is -0.171. The molecule has 0 spiro atoms. The fraction of sp³-hybridized carbons (Fsp3) is 0.571. The van der Waals surface area contributed by atoms with Gasteiger partial charge in [0.05, 0.1) is 0 Å². The topological polar surface area (TPSA) is 35.5 Å². The first-order valence-corrected chi connectivity index (χ1v) is 7.53. The molecule has 2 N–H and O–H groups in total. The molecule has 114 valence electrons. The van der Waals surface area contributed by atoms with Crippen molar-refractivity contribution in [2.45, 2.75) is 18.9 Å². The fourth-order valence-corrected chi connectivity index (χ4v) is 3.22. The second-order valence-corrected chi connectivity index (χ2v) is 5.66. The van der Waals surface area contributed by atoms with Crippen LogP contribution in [-0.4, -0.2) is 42.8 Å². The molecule has 0 aliphatic carbocycles. The number of hydrogen-bond acceptors (Lipinski definition) is 3. The summed E-state index contributed by atoms with van der Waals surface area (Å²) < 4.78 is 15.0. The van der Waals surface area contributed by atoms with E-state index in [9.17, 15) is 4.39 Å². The van der Waals surface area contributed by atoms with Gasteiger partial charge in [0.1, 0.15) is 5.82 Å². The Bertz CT molecular complexity index is 396. The molecule has 0 bridgehead atoms. The predicted molar refractivity (Wildman–Crippen MR) is 84.9 cm³/mol. The summed E-state index contributed by atoms with van der Waals surface area (Å²) in [6, 6.07) is 5.13. The average molecular weight is 368 g/mol. The molecule has 1 aliphatic heterocycles. The number of nitrogens with one attached hydrogen (secondary N) is 1. The minimum absolute atomic E-state index is 0. The molecule has 0 aromatic heterocycles. The minimum Gasteiger partial charge on any atom is -0.396 e. The smallest absolute Gasteiger partial charge is 0.129 e. The van der Waals surface area contributed by atoms with Gasteiger partial charge in [0.25, 0.3) is 0 Å². The normalized spacial score (nSPS) is 17.6. The lowest BCUT2D eigenvalue weighted by atomic mass is 9.99. The molecule has 3 nitrogen and oxygen atoms in total. The maximum atomic E-state index is 14.1. The van der Waals surface area contributed by atoms with Crippen LogP contribution in [0.3, 0.4) is 0 Å². The van der Waals surface area contributed by atoms with E-state index in [0.717, 1.165) is 42.6 Å². The molecule has 1 aliphatic rings. The zero-order chi connectivity index (χ0) is 13.7. The van der Waals surface area contributed by atoms with Gasteiger partial charge in [-0.3, -0.25) is 4.90 Å². The Morgan fingerprint density at radius 1 is 1.35 bits per heavy atom. The van der Waals surface area contributed by atoms with Crippen molar-refractivity contribution in [1.82, 2.24) is 10.2 Å². The highest BCUT2D eigenvalue weighted by Crippen LogP contribution is 2.33. The van der Waals surface area contributed by atoms with Crippen LogP contribution in [0, 0.1) is 5.82 Å². The van der Waals surface area contributed by atoms with E-state index in [1.807, 2.05) is 6.07 Å². The number of nitrogens with zero attached hydrogens (tertiary/aromatic N) is 1. The van der Waals surface area contributed by atoms with Gasteiger partial charge in [-0.05, 0) is 25.0 Å². The molecule has 1 aromatic carbocycles. The van der Waals surface area contributed by atoms with Crippen LogP contribution >= 0.6 is 28.3 Å². The van der Waals surface area contributed by atoms with Crippen molar-refractivity contribution >= 4 is 28.3 Å².